The maximum atomic E-state index is 13.2. The van der Waals surface area contributed by atoms with Crippen molar-refractivity contribution in [1.82, 2.24) is 20.0 Å². The summed E-state index contributed by atoms with van der Waals surface area (Å²) in [5.41, 5.74) is 2.92. The smallest absolute Gasteiger partial charge is 0.211 e. The van der Waals surface area contributed by atoms with Gasteiger partial charge in [-0.2, -0.15) is 0 Å². The van der Waals surface area contributed by atoms with Crippen LogP contribution in [-0.4, -0.2) is 25.8 Å². The highest BCUT2D eigenvalue weighted by atomic mass is 32.1. The molecule has 5 nitrogen and oxygen atoms in total. The Kier molecular flexibility index (Phi) is 3.66. The first-order chi connectivity index (χ1) is 11.7. The highest BCUT2D eigenvalue weighted by Gasteiger charge is 2.28. The predicted molar refractivity (Wildman–Crippen MR) is 93.3 cm³/mol. The summed E-state index contributed by atoms with van der Waals surface area (Å²) in [4.78, 5) is 17.5. The van der Waals surface area contributed by atoms with E-state index in [9.17, 15) is 4.79 Å². The average molecular weight is 334 g/mol. The molecule has 1 atom stereocenters. The van der Waals surface area contributed by atoms with E-state index in [2.05, 4.69) is 15.3 Å². The third-order valence-electron chi connectivity index (χ3n) is 3.86. The van der Waals surface area contributed by atoms with E-state index < -0.39 is 6.04 Å². The van der Waals surface area contributed by atoms with Crippen LogP contribution in [0.1, 0.15) is 27.1 Å². The Hall–Kier alpha value is -2.86. The van der Waals surface area contributed by atoms with Gasteiger partial charge in [-0.25, -0.2) is 9.67 Å². The van der Waals surface area contributed by atoms with Gasteiger partial charge in [0.2, 0.25) is 5.78 Å². The predicted octanol–water partition coefficient (Wildman–Crippen LogP) is 3.67. The number of thiazole rings is 1. The summed E-state index contributed by atoms with van der Waals surface area (Å²) >= 11 is 1.47. The van der Waals surface area contributed by atoms with E-state index in [4.69, 9.17) is 0 Å². The maximum Gasteiger partial charge on any atom is 0.211 e. The molecule has 0 saturated carbocycles. The Morgan fingerprint density at radius 1 is 1.08 bits per heavy atom. The molecule has 2 aromatic heterocycles. The summed E-state index contributed by atoms with van der Waals surface area (Å²) < 4.78 is 1.68. The quantitative estimate of drug-likeness (QED) is 0.534. The van der Waals surface area contributed by atoms with Crippen LogP contribution in [0.5, 0.6) is 0 Å². The van der Waals surface area contributed by atoms with Crippen molar-refractivity contribution >= 4 is 28.2 Å². The number of hydrogen-bond donors (Lipinski definition) is 0. The fraction of sp³-hybridized carbons (Fsp3) is 0.111. The first-order valence-corrected chi connectivity index (χ1v) is 8.43. The second kappa shape index (κ2) is 5.98. The van der Waals surface area contributed by atoms with Gasteiger partial charge < -0.3 is 0 Å². The lowest BCUT2D eigenvalue weighted by molar-refractivity contribution is 0.0936. The molecule has 2 aromatic carbocycles. The van der Waals surface area contributed by atoms with Crippen molar-refractivity contribution in [2.75, 3.05) is 0 Å². The van der Waals surface area contributed by atoms with Crippen LogP contribution >= 0.6 is 11.3 Å². The Morgan fingerprint density at radius 2 is 1.83 bits per heavy atom. The monoisotopic (exact) mass is 334 g/mol. The Morgan fingerprint density at radius 3 is 2.58 bits per heavy atom. The molecule has 0 aliphatic carbocycles. The van der Waals surface area contributed by atoms with Crippen molar-refractivity contribution in [3.63, 3.8) is 0 Å². The molecule has 0 bridgehead atoms. The zero-order chi connectivity index (χ0) is 16.5. The lowest BCUT2D eigenvalue weighted by Crippen LogP contribution is -2.22. The summed E-state index contributed by atoms with van der Waals surface area (Å²) in [6.07, 6.45) is 0. The van der Waals surface area contributed by atoms with Crippen molar-refractivity contribution in [2.45, 2.75) is 13.0 Å². The number of aromatic nitrogens is 4. The van der Waals surface area contributed by atoms with Gasteiger partial charge in [0.15, 0.2) is 0 Å². The second-order valence-corrected chi connectivity index (χ2v) is 6.51. The van der Waals surface area contributed by atoms with Gasteiger partial charge in [-0.05, 0) is 24.6 Å². The molecule has 0 amide bonds. The topological polar surface area (TPSA) is 60.7 Å². The zero-order valence-corrected chi connectivity index (χ0v) is 13.8. The lowest BCUT2D eigenvalue weighted by atomic mass is 10.0. The molecular formula is C18H14N4OS. The van der Waals surface area contributed by atoms with Gasteiger partial charge in [-0.3, -0.25) is 4.79 Å². The number of carbonyl (C=O) groups is 1. The second-order valence-electron chi connectivity index (χ2n) is 5.45. The minimum absolute atomic E-state index is 0.0822. The number of para-hydroxylation sites is 1. The maximum absolute atomic E-state index is 13.2. The molecule has 118 valence electrons. The standard InChI is InChI=1S/C18H14N4OS/c1-12-19-15(11-24-12)18(23)17(13-7-3-2-4-8-13)22-16-10-6-5-9-14(16)20-21-22/h2-11,17H,1H3. The number of carbonyl (C=O) groups excluding carboxylic acids is 1. The molecule has 0 spiro atoms. The van der Waals surface area contributed by atoms with Crippen LogP contribution in [0.25, 0.3) is 11.0 Å². The van der Waals surface area contributed by atoms with Gasteiger partial charge in [0.25, 0.3) is 0 Å². The molecule has 4 rings (SSSR count). The molecule has 6 heteroatoms. The number of aryl methyl sites for hydroxylation is 1. The minimum Gasteiger partial charge on any atom is -0.290 e. The van der Waals surface area contributed by atoms with Crippen molar-refractivity contribution < 1.29 is 4.79 Å². The SMILES string of the molecule is Cc1nc(C(=O)C(c2ccccc2)n2nnc3ccccc32)cs1. The number of hydrogen-bond acceptors (Lipinski definition) is 5. The molecule has 0 N–H and O–H groups in total. The number of Topliss-reactive ketones (excluding diaryl/α,β-unsaturated/α-hetero) is 1. The first-order valence-electron chi connectivity index (χ1n) is 7.55. The fourth-order valence-electron chi connectivity index (χ4n) is 2.73. The summed E-state index contributed by atoms with van der Waals surface area (Å²) in [6.45, 7) is 1.89. The van der Waals surface area contributed by atoms with E-state index in [0.717, 1.165) is 21.6 Å². The van der Waals surface area contributed by atoms with Gasteiger partial charge >= 0.3 is 0 Å². The summed E-state index contributed by atoms with van der Waals surface area (Å²) in [5, 5.41) is 11.1. The molecule has 0 fully saturated rings. The molecule has 0 aliphatic heterocycles. The summed E-state index contributed by atoms with van der Waals surface area (Å²) in [5.74, 6) is -0.0822. The Balaban J connectivity index is 1.89. The van der Waals surface area contributed by atoms with Crippen LogP contribution in [0.4, 0.5) is 0 Å². The third-order valence-corrected chi connectivity index (χ3v) is 4.63. The van der Waals surface area contributed by atoms with E-state index in [1.54, 1.807) is 10.1 Å². The van der Waals surface area contributed by atoms with Crippen LogP contribution in [0.15, 0.2) is 60.0 Å². The number of ketones is 1. The van der Waals surface area contributed by atoms with Gasteiger partial charge in [0, 0.05) is 5.38 Å². The van der Waals surface area contributed by atoms with Crippen LogP contribution in [0.2, 0.25) is 0 Å². The van der Waals surface area contributed by atoms with Gasteiger partial charge in [-0.15, -0.1) is 16.4 Å². The highest BCUT2D eigenvalue weighted by Crippen LogP contribution is 2.26. The van der Waals surface area contributed by atoms with E-state index in [-0.39, 0.29) is 5.78 Å². The average Bonchev–Trinajstić information content (AvgIpc) is 3.23. The van der Waals surface area contributed by atoms with Crippen LogP contribution in [0, 0.1) is 6.92 Å². The van der Waals surface area contributed by atoms with Crippen molar-refractivity contribution in [2.24, 2.45) is 0 Å². The van der Waals surface area contributed by atoms with Crippen molar-refractivity contribution in [1.29, 1.82) is 0 Å². The fourth-order valence-corrected chi connectivity index (χ4v) is 3.34. The molecule has 1 unspecified atom stereocenters. The van der Waals surface area contributed by atoms with Crippen LogP contribution in [0.3, 0.4) is 0 Å². The molecule has 0 saturated heterocycles. The van der Waals surface area contributed by atoms with E-state index in [1.165, 1.54) is 11.3 Å². The van der Waals surface area contributed by atoms with Crippen LogP contribution in [-0.2, 0) is 0 Å². The van der Waals surface area contributed by atoms with E-state index in [0.29, 0.717) is 5.69 Å². The number of nitrogens with zero attached hydrogens (tertiary/aromatic N) is 4. The van der Waals surface area contributed by atoms with Gasteiger partial charge in [-0.1, -0.05) is 47.7 Å². The normalized spacial score (nSPS) is 12.4. The van der Waals surface area contributed by atoms with Gasteiger partial charge in [0.05, 0.1) is 10.5 Å². The van der Waals surface area contributed by atoms with Crippen molar-refractivity contribution in [3.8, 4) is 0 Å². The minimum atomic E-state index is -0.583. The van der Waals surface area contributed by atoms with Gasteiger partial charge in [0.1, 0.15) is 17.3 Å². The third kappa shape index (κ3) is 2.51. The van der Waals surface area contributed by atoms with Crippen LogP contribution < -0.4 is 0 Å². The molecule has 24 heavy (non-hydrogen) atoms. The molecule has 4 aromatic rings. The molecule has 2 heterocycles. The number of rotatable bonds is 4. The van der Waals surface area contributed by atoms with Crippen molar-refractivity contribution in [3.05, 3.63) is 76.2 Å². The number of fused-ring (bicyclic) bond motifs is 1. The first kappa shape index (κ1) is 14.7. The zero-order valence-electron chi connectivity index (χ0n) is 13.0. The number of benzene rings is 2. The lowest BCUT2D eigenvalue weighted by Gasteiger charge is -2.16. The molecule has 0 radical (unpaired) electrons. The molecule has 0 aliphatic rings. The van der Waals surface area contributed by atoms with E-state index in [1.807, 2.05) is 61.5 Å². The summed E-state index contributed by atoms with van der Waals surface area (Å²) in [7, 11) is 0. The Labute approximate surface area is 142 Å². The Bertz CT molecular complexity index is 1010. The largest absolute Gasteiger partial charge is 0.290 e. The highest BCUT2D eigenvalue weighted by molar-refractivity contribution is 7.09. The van der Waals surface area contributed by atoms with E-state index >= 15 is 0 Å². The molecular weight excluding hydrogens is 320 g/mol. The summed E-state index contributed by atoms with van der Waals surface area (Å²) in [6, 6.07) is 16.7.